The monoisotopic (exact) mass is 289 g/mol. The Balaban J connectivity index is 2.55. The molecule has 1 N–H and O–H groups in total. The van der Waals surface area contributed by atoms with Gasteiger partial charge in [-0.05, 0) is 34.1 Å². The molecule has 0 aliphatic carbocycles. The quantitative estimate of drug-likeness (QED) is 0.867. The number of carbonyl (C=O) groups is 1. The summed E-state index contributed by atoms with van der Waals surface area (Å²) in [4.78, 5) is 11.1. The molecule has 0 fully saturated rings. The molecule has 0 amide bonds. The van der Waals surface area contributed by atoms with Crippen LogP contribution >= 0.6 is 15.9 Å². The van der Waals surface area contributed by atoms with Crippen LogP contribution in [0.25, 0.3) is 0 Å². The zero-order chi connectivity index (χ0) is 12.1. The second kappa shape index (κ2) is 5.84. The summed E-state index contributed by atoms with van der Waals surface area (Å²) in [7, 11) is 1.35. The van der Waals surface area contributed by atoms with E-state index >= 15 is 0 Å². The van der Waals surface area contributed by atoms with E-state index < -0.39 is 0 Å². The average molecular weight is 290 g/mol. The van der Waals surface area contributed by atoms with Gasteiger partial charge in [0, 0.05) is 12.2 Å². The van der Waals surface area contributed by atoms with Crippen molar-refractivity contribution in [1.82, 2.24) is 0 Å². The number of benzene rings is 1. The van der Waals surface area contributed by atoms with Crippen LogP contribution in [0.5, 0.6) is 0 Å². The molecule has 88 valence electrons. The summed E-state index contributed by atoms with van der Waals surface area (Å²) in [6.45, 7) is 2.21. The molecular weight excluding hydrogens is 277 g/mol. The van der Waals surface area contributed by atoms with Gasteiger partial charge < -0.3 is 10.1 Å². The predicted octanol–water partition coefficient (Wildman–Crippen LogP) is 2.81. The van der Waals surface area contributed by atoms with Gasteiger partial charge in [-0.15, -0.1) is 0 Å². The fourth-order valence-corrected chi connectivity index (χ4v) is 1.54. The topological polar surface area (TPSA) is 38.3 Å². The van der Waals surface area contributed by atoms with Crippen LogP contribution in [-0.4, -0.2) is 19.6 Å². The van der Waals surface area contributed by atoms with Gasteiger partial charge in [0.1, 0.15) is 5.82 Å². The van der Waals surface area contributed by atoms with E-state index in [1.165, 1.54) is 13.2 Å². The average Bonchev–Trinajstić information content (AvgIpc) is 2.29. The Bertz CT molecular complexity index is 384. The molecule has 0 aliphatic rings. The van der Waals surface area contributed by atoms with Crippen molar-refractivity contribution in [1.29, 1.82) is 0 Å². The molecule has 0 radical (unpaired) electrons. The summed E-state index contributed by atoms with van der Waals surface area (Å²) in [6.07, 6.45) is 0. The van der Waals surface area contributed by atoms with Crippen LogP contribution in [0, 0.1) is 11.7 Å². The third-order valence-corrected chi connectivity index (χ3v) is 2.74. The molecule has 3 nitrogen and oxygen atoms in total. The van der Waals surface area contributed by atoms with Crippen molar-refractivity contribution in [2.75, 3.05) is 19.0 Å². The van der Waals surface area contributed by atoms with Gasteiger partial charge in [-0.25, -0.2) is 4.39 Å². The van der Waals surface area contributed by atoms with Gasteiger partial charge in [0.25, 0.3) is 0 Å². The highest BCUT2D eigenvalue weighted by Gasteiger charge is 2.12. The van der Waals surface area contributed by atoms with Gasteiger partial charge in [0.15, 0.2) is 0 Å². The Kier molecular flexibility index (Phi) is 4.73. The Morgan fingerprint density at radius 3 is 2.88 bits per heavy atom. The van der Waals surface area contributed by atoms with Crippen molar-refractivity contribution < 1.29 is 13.9 Å². The van der Waals surface area contributed by atoms with E-state index in [4.69, 9.17) is 0 Å². The third kappa shape index (κ3) is 3.48. The molecule has 1 rings (SSSR count). The molecule has 0 aliphatic heterocycles. The summed E-state index contributed by atoms with van der Waals surface area (Å²) in [5, 5.41) is 3.03. The van der Waals surface area contributed by atoms with Crippen LogP contribution in [0.4, 0.5) is 10.1 Å². The first-order valence-corrected chi connectivity index (χ1v) is 5.60. The summed E-state index contributed by atoms with van der Waals surface area (Å²) < 4.78 is 17.9. The van der Waals surface area contributed by atoms with Crippen molar-refractivity contribution in [2.45, 2.75) is 6.92 Å². The number of halogens is 2. The summed E-state index contributed by atoms with van der Waals surface area (Å²) in [5.74, 6) is -0.825. The normalized spacial score (nSPS) is 12.0. The Labute approximate surface area is 102 Å². The molecule has 0 spiro atoms. The van der Waals surface area contributed by atoms with Gasteiger partial charge in [0.2, 0.25) is 0 Å². The maximum Gasteiger partial charge on any atom is 0.310 e. The van der Waals surface area contributed by atoms with Crippen LogP contribution in [-0.2, 0) is 9.53 Å². The maximum absolute atomic E-state index is 12.9. The molecule has 0 saturated heterocycles. The van der Waals surface area contributed by atoms with Gasteiger partial charge in [0.05, 0.1) is 17.5 Å². The maximum atomic E-state index is 12.9. The van der Waals surface area contributed by atoms with Crippen LogP contribution in [0.2, 0.25) is 0 Å². The number of hydrogen-bond acceptors (Lipinski definition) is 3. The molecule has 0 heterocycles. The molecule has 0 saturated carbocycles. The highest BCUT2D eigenvalue weighted by Crippen LogP contribution is 2.20. The number of anilines is 1. The summed E-state index contributed by atoms with van der Waals surface area (Å²) >= 11 is 3.09. The van der Waals surface area contributed by atoms with Crippen molar-refractivity contribution in [2.24, 2.45) is 5.92 Å². The van der Waals surface area contributed by atoms with Crippen molar-refractivity contribution >= 4 is 27.6 Å². The lowest BCUT2D eigenvalue weighted by atomic mass is 10.2. The Morgan fingerprint density at radius 2 is 2.31 bits per heavy atom. The standard InChI is InChI=1S/C11H13BrFNO2/c1-7(11(15)16-2)6-14-8-3-4-10(13)9(12)5-8/h3-5,7,14H,6H2,1-2H3. The second-order valence-corrected chi connectivity index (χ2v) is 4.29. The van der Waals surface area contributed by atoms with Crippen molar-refractivity contribution in [3.63, 3.8) is 0 Å². The number of esters is 1. The van der Waals surface area contributed by atoms with Gasteiger partial charge in [-0.2, -0.15) is 0 Å². The zero-order valence-electron chi connectivity index (χ0n) is 9.09. The van der Waals surface area contributed by atoms with Crippen LogP contribution in [0.15, 0.2) is 22.7 Å². The minimum Gasteiger partial charge on any atom is -0.469 e. The summed E-state index contributed by atoms with van der Waals surface area (Å²) in [5.41, 5.74) is 0.754. The van der Waals surface area contributed by atoms with E-state index in [9.17, 15) is 9.18 Å². The second-order valence-electron chi connectivity index (χ2n) is 3.43. The molecule has 1 aromatic carbocycles. The minimum atomic E-state index is -0.313. The molecule has 0 bridgehead atoms. The van der Waals surface area contributed by atoms with E-state index in [0.29, 0.717) is 11.0 Å². The SMILES string of the molecule is COC(=O)C(C)CNc1ccc(F)c(Br)c1. The largest absolute Gasteiger partial charge is 0.469 e. The lowest BCUT2D eigenvalue weighted by Crippen LogP contribution is -2.21. The van der Waals surface area contributed by atoms with Crippen molar-refractivity contribution in [3.8, 4) is 0 Å². The first-order valence-electron chi connectivity index (χ1n) is 4.81. The first-order chi connectivity index (χ1) is 7.54. The Morgan fingerprint density at radius 1 is 1.62 bits per heavy atom. The molecule has 16 heavy (non-hydrogen) atoms. The van der Waals surface area contributed by atoms with E-state index in [0.717, 1.165) is 5.69 Å². The van der Waals surface area contributed by atoms with Crippen LogP contribution < -0.4 is 5.32 Å². The first kappa shape index (κ1) is 13.0. The summed E-state index contributed by atoms with van der Waals surface area (Å²) in [6, 6.07) is 4.60. The molecule has 5 heteroatoms. The number of ether oxygens (including phenoxy) is 1. The molecular formula is C11H13BrFNO2. The van der Waals surface area contributed by atoms with Gasteiger partial charge >= 0.3 is 5.97 Å². The molecule has 1 aromatic rings. The number of rotatable bonds is 4. The smallest absolute Gasteiger partial charge is 0.310 e. The van der Waals surface area contributed by atoms with Crippen LogP contribution in [0.1, 0.15) is 6.92 Å². The van der Waals surface area contributed by atoms with Gasteiger partial charge in [-0.3, -0.25) is 4.79 Å². The predicted molar refractivity (Wildman–Crippen MR) is 63.8 cm³/mol. The fraction of sp³-hybridized carbons (Fsp3) is 0.364. The zero-order valence-corrected chi connectivity index (χ0v) is 10.7. The van der Waals surface area contributed by atoms with Gasteiger partial charge in [-0.1, -0.05) is 6.92 Å². The Hall–Kier alpha value is -1.10. The third-order valence-electron chi connectivity index (χ3n) is 2.14. The molecule has 0 aromatic heterocycles. The highest BCUT2D eigenvalue weighted by molar-refractivity contribution is 9.10. The number of methoxy groups -OCH3 is 1. The lowest BCUT2D eigenvalue weighted by molar-refractivity contribution is -0.144. The van der Waals surface area contributed by atoms with E-state index in [1.54, 1.807) is 19.1 Å². The number of hydrogen-bond donors (Lipinski definition) is 1. The van der Waals surface area contributed by atoms with E-state index in [2.05, 4.69) is 26.0 Å². The van der Waals surface area contributed by atoms with E-state index in [-0.39, 0.29) is 17.7 Å². The van der Waals surface area contributed by atoms with Crippen LogP contribution in [0.3, 0.4) is 0 Å². The van der Waals surface area contributed by atoms with Crippen molar-refractivity contribution in [3.05, 3.63) is 28.5 Å². The molecule has 1 atom stereocenters. The fourth-order valence-electron chi connectivity index (χ4n) is 1.16. The number of nitrogens with one attached hydrogen (secondary N) is 1. The minimum absolute atomic E-state index is 0.242. The lowest BCUT2D eigenvalue weighted by Gasteiger charge is -2.11. The number of carbonyl (C=O) groups excluding carboxylic acids is 1. The van der Waals surface area contributed by atoms with E-state index in [1.807, 2.05) is 0 Å². The highest BCUT2D eigenvalue weighted by atomic mass is 79.9. The molecule has 1 unspecified atom stereocenters.